The van der Waals surface area contributed by atoms with Crippen LogP contribution in [-0.2, 0) is 56.6 Å². The fourth-order valence-corrected chi connectivity index (χ4v) is 8.83. The summed E-state index contributed by atoms with van der Waals surface area (Å²) in [7, 11) is -1.20. The molecule has 1 saturated heterocycles. The van der Waals surface area contributed by atoms with Crippen molar-refractivity contribution in [3.8, 4) is 6.07 Å². The minimum atomic E-state index is -1.24. The summed E-state index contributed by atoms with van der Waals surface area (Å²) >= 11 is 0. The summed E-state index contributed by atoms with van der Waals surface area (Å²) in [5, 5.41) is 14.8. The van der Waals surface area contributed by atoms with E-state index in [9.17, 15) is 24.0 Å². The van der Waals surface area contributed by atoms with Crippen LogP contribution in [0, 0.1) is 11.3 Å². The van der Waals surface area contributed by atoms with Gasteiger partial charge in [0.1, 0.15) is 12.7 Å². The second-order valence-corrected chi connectivity index (χ2v) is 18.0. The van der Waals surface area contributed by atoms with Gasteiger partial charge in [0, 0.05) is 59.5 Å². The Morgan fingerprint density at radius 3 is 1.48 bits per heavy atom. The Labute approximate surface area is 378 Å². The summed E-state index contributed by atoms with van der Waals surface area (Å²) in [6.45, 7) is 15.6. The molecule has 17 nitrogen and oxygen atoms in total. The Hall–Kier alpha value is -3.13. The van der Waals surface area contributed by atoms with Gasteiger partial charge < -0.3 is 48.1 Å². The first kappa shape index (κ1) is 57.9. The van der Waals surface area contributed by atoms with E-state index >= 15 is 0 Å². The Balaban J connectivity index is 2.13. The predicted octanol–water partition coefficient (Wildman–Crippen LogP) is 8.31. The van der Waals surface area contributed by atoms with Gasteiger partial charge in [-0.3, -0.25) is 19.2 Å². The van der Waals surface area contributed by atoms with E-state index < -0.39 is 63.1 Å². The summed E-state index contributed by atoms with van der Waals surface area (Å²) in [5.74, 6) is -2.60. The maximum absolute atomic E-state index is 12.2. The van der Waals surface area contributed by atoms with Crippen LogP contribution in [0.25, 0.3) is 0 Å². The van der Waals surface area contributed by atoms with Crippen LogP contribution in [0.3, 0.4) is 0 Å². The second-order valence-electron chi connectivity index (χ2n) is 16.5. The molecule has 0 bridgehead atoms. The van der Waals surface area contributed by atoms with Crippen molar-refractivity contribution < 1.29 is 61.4 Å². The zero-order chi connectivity index (χ0) is 46.8. The highest BCUT2D eigenvalue weighted by Crippen LogP contribution is 2.46. The Bertz CT molecular complexity index is 1310. The van der Waals surface area contributed by atoms with Crippen molar-refractivity contribution in [3.05, 3.63) is 0 Å². The molecular formula is C45H81N4O13P. The molecule has 2 N–H and O–H groups in total. The minimum absolute atomic E-state index is 0.0995. The molecule has 0 radical (unpaired) electrons. The van der Waals surface area contributed by atoms with Gasteiger partial charge in [-0.25, -0.2) is 9.46 Å². The average molecular weight is 917 g/mol. The normalized spacial score (nSPS) is 19.0. The first-order valence-electron chi connectivity index (χ1n) is 23.3. The maximum Gasteiger partial charge on any atom is 0.314 e. The highest BCUT2D eigenvalue weighted by Gasteiger charge is 2.52. The number of carbonyl (C=O) groups is 5. The molecule has 0 spiro atoms. The van der Waals surface area contributed by atoms with Gasteiger partial charge in [0.2, 0.25) is 0 Å². The predicted molar refractivity (Wildman–Crippen MR) is 239 cm³/mol. The number of amides is 2. The summed E-state index contributed by atoms with van der Waals surface area (Å²) < 4.78 is 47.7. The minimum Gasteiger partial charge on any atom is -0.463 e. The number of urea groups is 1. The van der Waals surface area contributed by atoms with E-state index in [2.05, 4.69) is 49.1 Å². The van der Waals surface area contributed by atoms with Gasteiger partial charge >= 0.3 is 29.9 Å². The lowest BCUT2D eigenvalue weighted by atomic mass is 9.98. The lowest BCUT2D eigenvalue weighted by molar-refractivity contribution is -0.308. The van der Waals surface area contributed by atoms with Gasteiger partial charge in [-0.1, -0.05) is 83.5 Å². The average Bonchev–Trinajstić information content (AvgIpc) is 3.20. The second kappa shape index (κ2) is 36.1. The van der Waals surface area contributed by atoms with E-state index in [1.165, 1.54) is 72.6 Å². The number of carbonyl (C=O) groups excluding carboxylic acids is 5. The molecule has 0 aromatic carbocycles. The number of esters is 4. The maximum atomic E-state index is 12.2. The van der Waals surface area contributed by atoms with E-state index in [0.717, 1.165) is 64.2 Å². The van der Waals surface area contributed by atoms with Crippen LogP contribution in [0.15, 0.2) is 0 Å². The molecule has 1 rings (SSSR count). The van der Waals surface area contributed by atoms with Crippen LogP contribution in [0.2, 0.25) is 0 Å². The monoisotopic (exact) mass is 917 g/mol. The number of nitriles is 1. The number of hydrogen-bond donors (Lipinski definition) is 2. The van der Waals surface area contributed by atoms with Gasteiger partial charge in [-0.15, -0.1) is 0 Å². The molecule has 6 atom stereocenters. The molecule has 0 aliphatic carbocycles. The lowest BCUT2D eigenvalue weighted by Crippen LogP contribution is -2.63. The standard InChI is InChI=1S/C45H81N4O13P/c1-34(2)49(35(3)4)63(58-32-26-27-46)57-31-25-21-19-23-29-48-45(54)47-28-22-18-16-14-12-10-9-11-13-15-17-20-24-30-55-44-43(61-39(8)53)42(60-38(7)52)41(59-37(6)51)40(62-44)33-56-36(5)50/h34-35,40-44H,9-26,28-33H2,1-8H3,(H2,47,48,54)/t40-,41-,42+,43-,44-,63?/m1/s1. The molecule has 0 aromatic rings. The molecule has 0 saturated carbocycles. The Kier molecular flexibility index (Phi) is 33.2. The lowest BCUT2D eigenvalue weighted by Gasteiger charge is -2.44. The van der Waals surface area contributed by atoms with Crippen LogP contribution < -0.4 is 10.6 Å². The van der Waals surface area contributed by atoms with E-state index in [4.69, 9.17) is 42.7 Å². The number of nitrogens with zero attached hydrogens (tertiary/aromatic N) is 2. The van der Waals surface area contributed by atoms with Crippen molar-refractivity contribution in [2.45, 2.75) is 214 Å². The van der Waals surface area contributed by atoms with E-state index in [0.29, 0.717) is 32.7 Å². The van der Waals surface area contributed by atoms with E-state index in [1.54, 1.807) is 0 Å². The highest BCUT2D eigenvalue weighted by atomic mass is 31.2. The molecule has 1 aliphatic heterocycles. The first-order valence-corrected chi connectivity index (χ1v) is 24.5. The molecule has 0 aromatic heterocycles. The van der Waals surface area contributed by atoms with E-state index in [-0.39, 0.29) is 31.3 Å². The quantitative estimate of drug-likeness (QED) is 0.0262. The van der Waals surface area contributed by atoms with E-state index in [1.807, 2.05) is 0 Å². The molecule has 1 unspecified atom stereocenters. The number of rotatable bonds is 36. The van der Waals surface area contributed by atoms with Crippen molar-refractivity contribution >= 4 is 38.4 Å². The zero-order valence-electron chi connectivity index (χ0n) is 39.7. The van der Waals surface area contributed by atoms with Gasteiger partial charge in [-0.05, 0) is 53.4 Å². The topological polar surface area (TPSA) is 210 Å². The van der Waals surface area contributed by atoms with Gasteiger partial charge in [0.05, 0.1) is 25.7 Å². The highest BCUT2D eigenvalue weighted by molar-refractivity contribution is 7.44. The number of unbranched alkanes of at least 4 members (excludes halogenated alkanes) is 15. The molecule has 364 valence electrons. The van der Waals surface area contributed by atoms with Crippen molar-refractivity contribution in [3.63, 3.8) is 0 Å². The number of hydrogen-bond acceptors (Lipinski definition) is 15. The van der Waals surface area contributed by atoms with Crippen LogP contribution in [0.1, 0.15) is 171 Å². The van der Waals surface area contributed by atoms with Crippen molar-refractivity contribution in [2.75, 3.05) is 39.5 Å². The van der Waals surface area contributed by atoms with Crippen molar-refractivity contribution in [2.24, 2.45) is 0 Å². The van der Waals surface area contributed by atoms with Crippen molar-refractivity contribution in [1.29, 1.82) is 5.26 Å². The molecule has 63 heavy (non-hydrogen) atoms. The summed E-state index contributed by atoms with van der Waals surface area (Å²) in [6.07, 6.45) is 12.8. The molecule has 18 heteroatoms. The van der Waals surface area contributed by atoms with Crippen molar-refractivity contribution in [1.82, 2.24) is 15.3 Å². The molecule has 2 amide bonds. The third-order valence-corrected chi connectivity index (χ3v) is 12.2. The largest absolute Gasteiger partial charge is 0.463 e. The summed E-state index contributed by atoms with van der Waals surface area (Å²) in [5.41, 5.74) is 0. The third-order valence-electron chi connectivity index (χ3n) is 10.1. The fraction of sp³-hybridized carbons (Fsp3) is 0.867. The summed E-state index contributed by atoms with van der Waals surface area (Å²) in [4.78, 5) is 59.6. The van der Waals surface area contributed by atoms with Crippen LogP contribution >= 0.6 is 8.53 Å². The van der Waals surface area contributed by atoms with Crippen LogP contribution in [-0.4, -0.2) is 117 Å². The number of nitrogens with one attached hydrogen (secondary N) is 2. The van der Waals surface area contributed by atoms with Gasteiger partial charge in [0.25, 0.3) is 8.53 Å². The van der Waals surface area contributed by atoms with Gasteiger partial charge in [0.15, 0.2) is 24.6 Å². The van der Waals surface area contributed by atoms with Gasteiger partial charge in [-0.2, -0.15) is 5.26 Å². The first-order chi connectivity index (χ1) is 30.2. The molecule has 1 heterocycles. The third kappa shape index (κ3) is 28.4. The molecule has 1 aliphatic rings. The van der Waals surface area contributed by atoms with Crippen LogP contribution in [0.5, 0.6) is 0 Å². The fourth-order valence-electron chi connectivity index (χ4n) is 7.20. The zero-order valence-corrected chi connectivity index (χ0v) is 40.6. The Morgan fingerprint density at radius 2 is 1.02 bits per heavy atom. The Morgan fingerprint density at radius 1 is 0.587 bits per heavy atom. The summed E-state index contributed by atoms with van der Waals surface area (Å²) in [6, 6.07) is 2.60. The molecular weight excluding hydrogens is 835 g/mol. The van der Waals surface area contributed by atoms with Crippen LogP contribution in [0.4, 0.5) is 4.79 Å². The molecule has 1 fully saturated rings. The number of ether oxygens (including phenoxy) is 6. The SMILES string of the molecule is CC(=O)OC[C@H]1O[C@@H](OCCCCCCCCCCCCCCCNC(=O)NCCCCCCOP(OCCC#N)N(C(C)C)C(C)C)[C@H](OC(C)=O)[C@@H](OC(C)=O)[C@@H]1OC(C)=O. The smallest absolute Gasteiger partial charge is 0.314 e.